The maximum Gasteiger partial charge on any atom is 0.244 e. The molecule has 1 aliphatic heterocycles. The van der Waals surface area contributed by atoms with E-state index in [1.165, 1.54) is 38.5 Å². The summed E-state index contributed by atoms with van der Waals surface area (Å²) in [6, 6.07) is 0.0236. The molecule has 17 heavy (non-hydrogen) atoms. The van der Waals surface area contributed by atoms with Crippen LogP contribution >= 0.6 is 0 Å². The van der Waals surface area contributed by atoms with Crippen molar-refractivity contribution in [3.8, 4) is 0 Å². The number of carbonyl (C=O) groups excluding carboxylic acids is 2. The maximum atomic E-state index is 11.5. The van der Waals surface area contributed by atoms with Crippen LogP contribution in [-0.4, -0.2) is 23.9 Å². The van der Waals surface area contributed by atoms with Crippen molar-refractivity contribution in [2.75, 3.05) is 0 Å². The Bertz CT molecular complexity index is 296. The number of nitrogens with one attached hydrogen (secondary N) is 2. The molecule has 0 aromatic carbocycles. The molecule has 2 atom stereocenters. The molecule has 1 aliphatic carbocycles. The summed E-state index contributed by atoms with van der Waals surface area (Å²) in [7, 11) is 0. The summed E-state index contributed by atoms with van der Waals surface area (Å²) < 4.78 is 0. The van der Waals surface area contributed by atoms with Crippen LogP contribution < -0.4 is 10.6 Å². The third-order valence-electron chi connectivity index (χ3n) is 4.04. The second-order valence-corrected chi connectivity index (χ2v) is 5.38. The van der Waals surface area contributed by atoms with Crippen LogP contribution in [0.15, 0.2) is 0 Å². The quantitative estimate of drug-likeness (QED) is 0.576. The van der Waals surface area contributed by atoms with Gasteiger partial charge in [0.2, 0.25) is 11.8 Å². The van der Waals surface area contributed by atoms with Gasteiger partial charge in [-0.3, -0.25) is 14.9 Å². The topological polar surface area (TPSA) is 58.2 Å². The zero-order valence-corrected chi connectivity index (χ0v) is 10.5. The van der Waals surface area contributed by atoms with Gasteiger partial charge in [-0.05, 0) is 25.7 Å². The molecule has 2 amide bonds. The molecule has 2 rings (SSSR count). The third-order valence-corrected chi connectivity index (χ3v) is 4.04. The monoisotopic (exact) mass is 238 g/mol. The highest BCUT2D eigenvalue weighted by Crippen LogP contribution is 2.25. The summed E-state index contributed by atoms with van der Waals surface area (Å²) in [5.41, 5.74) is 0. The van der Waals surface area contributed by atoms with Crippen molar-refractivity contribution in [2.24, 2.45) is 5.92 Å². The summed E-state index contributed by atoms with van der Waals surface area (Å²) in [5, 5.41) is 5.67. The third kappa shape index (κ3) is 3.28. The SMILES string of the molecule is C[C@@H](NC1CC(=O)NC1=O)C1CCCCCC1. The lowest BCUT2D eigenvalue weighted by molar-refractivity contribution is -0.125. The van der Waals surface area contributed by atoms with Gasteiger partial charge < -0.3 is 5.32 Å². The molecule has 1 unspecified atom stereocenters. The van der Waals surface area contributed by atoms with Crippen LogP contribution in [0.3, 0.4) is 0 Å². The first kappa shape index (κ1) is 12.6. The fourth-order valence-corrected chi connectivity index (χ4v) is 2.95. The Morgan fingerprint density at radius 2 is 1.82 bits per heavy atom. The van der Waals surface area contributed by atoms with E-state index in [1.54, 1.807) is 0 Å². The summed E-state index contributed by atoms with van der Waals surface area (Å²) in [4.78, 5) is 22.6. The van der Waals surface area contributed by atoms with Crippen molar-refractivity contribution < 1.29 is 9.59 Å². The molecule has 4 nitrogen and oxygen atoms in total. The van der Waals surface area contributed by atoms with E-state index in [2.05, 4.69) is 17.6 Å². The fraction of sp³-hybridized carbons (Fsp3) is 0.846. The summed E-state index contributed by atoms with van der Waals surface area (Å²) in [6.45, 7) is 2.14. The van der Waals surface area contributed by atoms with Crippen LogP contribution in [0.5, 0.6) is 0 Å². The van der Waals surface area contributed by atoms with E-state index in [-0.39, 0.29) is 17.9 Å². The Morgan fingerprint density at radius 3 is 2.35 bits per heavy atom. The Balaban J connectivity index is 1.85. The molecule has 96 valence electrons. The highest BCUT2D eigenvalue weighted by atomic mass is 16.2. The normalized spacial score (nSPS) is 28.9. The highest BCUT2D eigenvalue weighted by molar-refractivity contribution is 6.05. The Kier molecular flexibility index (Phi) is 4.15. The molecule has 1 saturated carbocycles. The Labute approximate surface area is 103 Å². The van der Waals surface area contributed by atoms with E-state index in [0.29, 0.717) is 18.4 Å². The van der Waals surface area contributed by atoms with Crippen LogP contribution in [0.1, 0.15) is 51.9 Å². The standard InChI is InChI=1S/C13H22N2O2/c1-9(10-6-4-2-3-5-7-10)14-11-8-12(16)15-13(11)17/h9-11,14H,2-8H2,1H3,(H,15,16,17)/t9-,11?/m1/s1. The molecule has 2 aliphatic rings. The molecule has 1 heterocycles. The average Bonchev–Trinajstić information content (AvgIpc) is 2.54. The Morgan fingerprint density at radius 1 is 1.18 bits per heavy atom. The minimum absolute atomic E-state index is 0.152. The predicted molar refractivity (Wildman–Crippen MR) is 65.3 cm³/mol. The highest BCUT2D eigenvalue weighted by Gasteiger charge is 2.32. The Hall–Kier alpha value is -0.900. The van der Waals surface area contributed by atoms with Crippen molar-refractivity contribution in [3.63, 3.8) is 0 Å². The van der Waals surface area contributed by atoms with Crippen LogP contribution in [0.2, 0.25) is 0 Å². The van der Waals surface area contributed by atoms with Crippen molar-refractivity contribution in [3.05, 3.63) is 0 Å². The molecule has 0 aromatic rings. The molecule has 0 aromatic heterocycles. The lowest BCUT2D eigenvalue weighted by Crippen LogP contribution is -2.44. The lowest BCUT2D eigenvalue weighted by atomic mass is 9.92. The first-order chi connectivity index (χ1) is 8.16. The van der Waals surface area contributed by atoms with Crippen molar-refractivity contribution in [1.82, 2.24) is 10.6 Å². The van der Waals surface area contributed by atoms with Crippen LogP contribution in [-0.2, 0) is 9.59 Å². The van der Waals surface area contributed by atoms with Crippen LogP contribution in [0.4, 0.5) is 0 Å². The van der Waals surface area contributed by atoms with E-state index < -0.39 is 0 Å². The van der Waals surface area contributed by atoms with Gasteiger partial charge in [0.1, 0.15) is 0 Å². The van der Waals surface area contributed by atoms with Crippen molar-refractivity contribution in [2.45, 2.75) is 64.0 Å². The van der Waals surface area contributed by atoms with Gasteiger partial charge in [0.15, 0.2) is 0 Å². The molecule has 2 N–H and O–H groups in total. The molecular formula is C13H22N2O2. The smallest absolute Gasteiger partial charge is 0.244 e. The molecule has 2 fully saturated rings. The minimum Gasteiger partial charge on any atom is -0.303 e. The van der Waals surface area contributed by atoms with Gasteiger partial charge >= 0.3 is 0 Å². The van der Waals surface area contributed by atoms with E-state index >= 15 is 0 Å². The summed E-state index contributed by atoms with van der Waals surface area (Å²) in [5.74, 6) is 0.344. The number of hydrogen-bond donors (Lipinski definition) is 2. The maximum absolute atomic E-state index is 11.5. The zero-order valence-electron chi connectivity index (χ0n) is 10.5. The van der Waals surface area contributed by atoms with Crippen molar-refractivity contribution in [1.29, 1.82) is 0 Å². The first-order valence-electron chi connectivity index (χ1n) is 6.76. The number of carbonyl (C=O) groups is 2. The van der Waals surface area contributed by atoms with Gasteiger partial charge in [0.05, 0.1) is 12.5 Å². The van der Waals surface area contributed by atoms with E-state index in [0.717, 1.165) is 0 Å². The minimum atomic E-state index is -0.305. The number of hydrogen-bond acceptors (Lipinski definition) is 3. The molecule has 0 bridgehead atoms. The van der Waals surface area contributed by atoms with Gasteiger partial charge in [0, 0.05) is 6.04 Å². The van der Waals surface area contributed by atoms with Crippen molar-refractivity contribution >= 4 is 11.8 Å². The van der Waals surface area contributed by atoms with E-state index in [4.69, 9.17) is 0 Å². The first-order valence-corrected chi connectivity index (χ1v) is 6.76. The second kappa shape index (κ2) is 5.63. The summed E-state index contributed by atoms with van der Waals surface area (Å²) in [6.07, 6.45) is 8.07. The number of imide groups is 1. The second-order valence-electron chi connectivity index (χ2n) is 5.38. The van der Waals surface area contributed by atoms with Gasteiger partial charge in [-0.25, -0.2) is 0 Å². The number of rotatable bonds is 3. The van der Waals surface area contributed by atoms with Gasteiger partial charge in [-0.2, -0.15) is 0 Å². The van der Waals surface area contributed by atoms with Crippen LogP contribution in [0, 0.1) is 5.92 Å². The number of amides is 2. The molecule has 1 saturated heterocycles. The molecule has 0 spiro atoms. The summed E-state index contributed by atoms with van der Waals surface area (Å²) >= 11 is 0. The zero-order chi connectivity index (χ0) is 12.3. The molecule has 4 heteroatoms. The van der Waals surface area contributed by atoms with Crippen LogP contribution in [0.25, 0.3) is 0 Å². The predicted octanol–water partition coefficient (Wildman–Crippen LogP) is 1.35. The largest absolute Gasteiger partial charge is 0.303 e. The fourth-order valence-electron chi connectivity index (χ4n) is 2.95. The lowest BCUT2D eigenvalue weighted by Gasteiger charge is -2.25. The van der Waals surface area contributed by atoms with Gasteiger partial charge in [-0.15, -0.1) is 0 Å². The van der Waals surface area contributed by atoms with E-state index in [1.807, 2.05) is 0 Å². The van der Waals surface area contributed by atoms with Gasteiger partial charge in [0.25, 0.3) is 0 Å². The molecule has 0 radical (unpaired) electrons. The average molecular weight is 238 g/mol. The van der Waals surface area contributed by atoms with E-state index in [9.17, 15) is 9.59 Å². The van der Waals surface area contributed by atoms with Gasteiger partial charge in [-0.1, -0.05) is 25.7 Å². The molecular weight excluding hydrogens is 216 g/mol.